The average Bonchev–Trinajstić information content (AvgIpc) is 3.21. The third kappa shape index (κ3) is 5.13. The van der Waals surface area contributed by atoms with Gasteiger partial charge in [-0.2, -0.15) is 0 Å². The molecule has 1 saturated carbocycles. The normalized spacial score (nSPS) is 23.2. The number of hydrogen-bond donors (Lipinski definition) is 1. The predicted octanol–water partition coefficient (Wildman–Crippen LogP) is 3.14. The van der Waals surface area contributed by atoms with Crippen molar-refractivity contribution >= 4 is 11.8 Å². The number of carbonyl (C=O) groups excluding carboxylic acids is 2. The van der Waals surface area contributed by atoms with Crippen molar-refractivity contribution in [3.05, 3.63) is 35.4 Å². The van der Waals surface area contributed by atoms with E-state index in [1.807, 2.05) is 19.0 Å². The molecule has 2 atom stereocenters. The van der Waals surface area contributed by atoms with Gasteiger partial charge in [0, 0.05) is 25.6 Å². The second-order valence-electron chi connectivity index (χ2n) is 8.77. The molecule has 2 amide bonds. The minimum Gasteiger partial charge on any atom is -0.355 e. The number of likely N-dealkylation sites (tertiary alicyclic amines) is 1. The van der Waals surface area contributed by atoms with E-state index in [-0.39, 0.29) is 29.7 Å². The van der Waals surface area contributed by atoms with Crippen molar-refractivity contribution in [2.45, 2.75) is 51.5 Å². The van der Waals surface area contributed by atoms with Crippen LogP contribution in [0.1, 0.15) is 55.7 Å². The number of likely N-dealkylation sites (N-methyl/N-ethyl adjacent to an activating group) is 1. The van der Waals surface area contributed by atoms with Gasteiger partial charge in [-0.1, -0.05) is 42.7 Å². The molecule has 1 aliphatic heterocycles. The monoisotopic (exact) mass is 385 g/mol. The molecule has 0 spiro atoms. The average molecular weight is 386 g/mol. The van der Waals surface area contributed by atoms with E-state index < -0.39 is 0 Å². The van der Waals surface area contributed by atoms with Crippen LogP contribution in [-0.4, -0.2) is 55.3 Å². The van der Waals surface area contributed by atoms with Crippen LogP contribution in [0.3, 0.4) is 0 Å². The summed E-state index contributed by atoms with van der Waals surface area (Å²) in [6.07, 6.45) is 5.97. The maximum absolute atomic E-state index is 13.3. The number of nitrogens with zero attached hydrogens (tertiary/aromatic N) is 2. The van der Waals surface area contributed by atoms with Crippen LogP contribution in [0.25, 0.3) is 0 Å². The van der Waals surface area contributed by atoms with Crippen molar-refractivity contribution in [1.82, 2.24) is 15.1 Å². The summed E-state index contributed by atoms with van der Waals surface area (Å²) in [5.41, 5.74) is 2.42. The Labute approximate surface area is 169 Å². The molecule has 2 fully saturated rings. The van der Waals surface area contributed by atoms with Gasteiger partial charge in [-0.05, 0) is 52.3 Å². The fraction of sp³-hybridized carbons (Fsp3) is 0.652. The van der Waals surface area contributed by atoms with Crippen molar-refractivity contribution in [1.29, 1.82) is 0 Å². The molecule has 2 aliphatic rings. The summed E-state index contributed by atoms with van der Waals surface area (Å²) < 4.78 is 0. The lowest BCUT2D eigenvalue weighted by molar-refractivity contribution is -0.142. The number of rotatable bonds is 6. The number of nitrogens with one attached hydrogen (secondary N) is 1. The Morgan fingerprint density at radius 1 is 1.11 bits per heavy atom. The molecular weight excluding hydrogens is 350 g/mol. The third-order valence-electron chi connectivity index (χ3n) is 6.23. The Kier molecular flexibility index (Phi) is 7.11. The van der Waals surface area contributed by atoms with E-state index in [0.29, 0.717) is 13.1 Å². The molecule has 1 aliphatic carbocycles. The van der Waals surface area contributed by atoms with Gasteiger partial charge in [-0.25, -0.2) is 0 Å². The topological polar surface area (TPSA) is 52.7 Å². The fourth-order valence-electron chi connectivity index (χ4n) is 4.61. The highest BCUT2D eigenvalue weighted by Crippen LogP contribution is 2.37. The minimum absolute atomic E-state index is 0.0914. The quantitative estimate of drug-likeness (QED) is 0.818. The molecule has 0 bridgehead atoms. The molecule has 0 radical (unpaired) electrons. The third-order valence-corrected chi connectivity index (χ3v) is 6.23. The largest absolute Gasteiger partial charge is 0.355 e. The molecule has 0 aromatic heterocycles. The van der Waals surface area contributed by atoms with Crippen LogP contribution in [0.5, 0.6) is 0 Å². The van der Waals surface area contributed by atoms with Gasteiger partial charge in [0.2, 0.25) is 11.8 Å². The number of carbonyl (C=O) groups is 2. The maximum Gasteiger partial charge on any atom is 0.226 e. The summed E-state index contributed by atoms with van der Waals surface area (Å²) >= 11 is 0. The van der Waals surface area contributed by atoms with Crippen LogP contribution in [-0.2, 0) is 9.59 Å². The summed E-state index contributed by atoms with van der Waals surface area (Å²) in [5.74, 6) is 0.389. The van der Waals surface area contributed by atoms with Gasteiger partial charge in [0.25, 0.3) is 0 Å². The highest BCUT2D eigenvalue weighted by Gasteiger charge is 2.38. The standard InChI is InChI=1S/C23H35N3O2/c1-17-7-6-10-19(15-17)21-12-11-20(22(27)24-13-14-25(2)3)16-26(21)23(28)18-8-4-5-9-18/h6-7,10,15,18,20-21H,4-5,8-9,11-14,16H2,1-3H3,(H,24,27)/t20-,21-/m0/s1. The Bertz CT molecular complexity index is 682. The predicted molar refractivity (Wildman–Crippen MR) is 112 cm³/mol. The molecule has 1 N–H and O–H groups in total. The van der Waals surface area contributed by atoms with Crippen LogP contribution in [0.4, 0.5) is 0 Å². The maximum atomic E-state index is 13.3. The van der Waals surface area contributed by atoms with Gasteiger partial charge in [0.1, 0.15) is 0 Å². The molecule has 1 saturated heterocycles. The van der Waals surface area contributed by atoms with Gasteiger partial charge in [-0.3, -0.25) is 9.59 Å². The summed E-state index contributed by atoms with van der Waals surface area (Å²) in [6, 6.07) is 8.58. The number of hydrogen-bond acceptors (Lipinski definition) is 3. The van der Waals surface area contributed by atoms with Crippen LogP contribution in [0, 0.1) is 18.8 Å². The van der Waals surface area contributed by atoms with E-state index in [4.69, 9.17) is 0 Å². The molecule has 5 heteroatoms. The molecule has 1 aromatic carbocycles. The molecule has 28 heavy (non-hydrogen) atoms. The first kappa shape index (κ1) is 20.8. The van der Waals surface area contributed by atoms with Crippen molar-refractivity contribution in [3.63, 3.8) is 0 Å². The molecule has 3 rings (SSSR count). The Morgan fingerprint density at radius 2 is 1.86 bits per heavy atom. The van der Waals surface area contributed by atoms with Crippen LogP contribution >= 0.6 is 0 Å². The second-order valence-corrected chi connectivity index (χ2v) is 8.77. The number of benzene rings is 1. The van der Waals surface area contributed by atoms with Crippen molar-refractivity contribution in [2.24, 2.45) is 11.8 Å². The van der Waals surface area contributed by atoms with Gasteiger partial charge in [0.05, 0.1) is 12.0 Å². The summed E-state index contributed by atoms with van der Waals surface area (Å²) in [4.78, 5) is 30.1. The smallest absolute Gasteiger partial charge is 0.226 e. The zero-order chi connectivity index (χ0) is 20.1. The van der Waals surface area contributed by atoms with E-state index >= 15 is 0 Å². The lowest BCUT2D eigenvalue weighted by atomic mass is 9.86. The summed E-state index contributed by atoms with van der Waals surface area (Å²) in [6.45, 7) is 4.12. The minimum atomic E-state index is -0.103. The zero-order valence-corrected chi connectivity index (χ0v) is 17.6. The van der Waals surface area contributed by atoms with Gasteiger partial charge in [0.15, 0.2) is 0 Å². The Balaban J connectivity index is 1.73. The fourth-order valence-corrected chi connectivity index (χ4v) is 4.61. The van der Waals surface area contributed by atoms with Crippen LogP contribution in [0.15, 0.2) is 24.3 Å². The van der Waals surface area contributed by atoms with Crippen molar-refractivity contribution in [2.75, 3.05) is 33.7 Å². The molecule has 1 aromatic rings. The van der Waals surface area contributed by atoms with Crippen molar-refractivity contribution < 1.29 is 9.59 Å². The lowest BCUT2D eigenvalue weighted by Gasteiger charge is -2.41. The molecule has 5 nitrogen and oxygen atoms in total. The van der Waals surface area contributed by atoms with Crippen molar-refractivity contribution in [3.8, 4) is 0 Å². The Hall–Kier alpha value is -1.88. The van der Waals surface area contributed by atoms with Gasteiger partial charge >= 0.3 is 0 Å². The Morgan fingerprint density at radius 3 is 2.54 bits per heavy atom. The summed E-state index contributed by atoms with van der Waals surface area (Å²) in [5, 5.41) is 3.06. The van der Waals surface area contributed by atoms with E-state index in [9.17, 15) is 9.59 Å². The van der Waals surface area contributed by atoms with Crippen LogP contribution in [0.2, 0.25) is 0 Å². The molecule has 1 heterocycles. The van der Waals surface area contributed by atoms with Gasteiger partial charge < -0.3 is 15.1 Å². The second kappa shape index (κ2) is 9.55. The first-order valence-electron chi connectivity index (χ1n) is 10.7. The molecule has 0 unspecified atom stereocenters. The summed E-state index contributed by atoms with van der Waals surface area (Å²) in [7, 11) is 4.00. The first-order chi connectivity index (χ1) is 13.5. The number of piperidine rings is 1. The first-order valence-corrected chi connectivity index (χ1v) is 10.7. The van der Waals surface area contributed by atoms with E-state index in [1.54, 1.807) is 0 Å². The highest BCUT2D eigenvalue weighted by atomic mass is 16.2. The van der Waals surface area contributed by atoms with E-state index in [0.717, 1.165) is 45.1 Å². The van der Waals surface area contributed by atoms with E-state index in [2.05, 4.69) is 41.4 Å². The highest BCUT2D eigenvalue weighted by molar-refractivity contribution is 5.83. The van der Waals surface area contributed by atoms with E-state index in [1.165, 1.54) is 11.1 Å². The molecule has 154 valence electrons. The SMILES string of the molecule is Cc1cccc([C@@H]2CC[C@H](C(=O)NCCN(C)C)CN2C(=O)C2CCCC2)c1. The zero-order valence-electron chi connectivity index (χ0n) is 17.6. The van der Waals surface area contributed by atoms with Gasteiger partial charge in [-0.15, -0.1) is 0 Å². The number of amides is 2. The number of aryl methyl sites for hydroxylation is 1. The molecular formula is C23H35N3O2. The lowest BCUT2D eigenvalue weighted by Crippen LogP contribution is -2.49. The van der Waals surface area contributed by atoms with Crippen LogP contribution < -0.4 is 5.32 Å².